The van der Waals surface area contributed by atoms with Crippen molar-refractivity contribution in [2.24, 2.45) is 0 Å². The van der Waals surface area contributed by atoms with Crippen LogP contribution >= 0.6 is 0 Å². The van der Waals surface area contributed by atoms with E-state index in [2.05, 4.69) is 35.8 Å². The molecule has 0 atom stereocenters. The van der Waals surface area contributed by atoms with E-state index in [0.29, 0.717) is 24.7 Å². The second-order valence-electron chi connectivity index (χ2n) is 6.33. The third-order valence-corrected chi connectivity index (χ3v) is 3.93. The maximum Gasteiger partial charge on any atom is 0.248 e. The molecule has 3 aromatic rings. The Hall–Kier alpha value is -3.49. The fraction of sp³-hybridized carbons (Fsp3) is 0.316. The third kappa shape index (κ3) is 5.50. The van der Waals surface area contributed by atoms with Gasteiger partial charge in [-0.15, -0.1) is 5.10 Å². The van der Waals surface area contributed by atoms with Gasteiger partial charge < -0.3 is 10.1 Å². The van der Waals surface area contributed by atoms with Gasteiger partial charge in [-0.3, -0.25) is 15.2 Å². The predicted octanol–water partition coefficient (Wildman–Crippen LogP) is 2.25. The minimum Gasteiger partial charge on any atom is -0.497 e. The zero-order valence-corrected chi connectivity index (χ0v) is 16.1. The van der Waals surface area contributed by atoms with Crippen molar-refractivity contribution in [3.05, 3.63) is 53.1 Å². The van der Waals surface area contributed by atoms with E-state index in [-0.39, 0.29) is 18.3 Å². The number of amides is 1. The van der Waals surface area contributed by atoms with Crippen LogP contribution in [0.25, 0.3) is 0 Å². The van der Waals surface area contributed by atoms with Gasteiger partial charge >= 0.3 is 0 Å². The van der Waals surface area contributed by atoms with E-state index in [4.69, 9.17) is 4.74 Å². The number of rotatable bonds is 8. The molecule has 0 saturated carbocycles. The molecule has 0 aliphatic rings. The van der Waals surface area contributed by atoms with Gasteiger partial charge in [0.05, 0.1) is 7.11 Å². The Morgan fingerprint density at radius 3 is 2.46 bits per heavy atom. The van der Waals surface area contributed by atoms with E-state index in [1.807, 2.05) is 44.2 Å². The van der Waals surface area contributed by atoms with Crippen LogP contribution in [-0.4, -0.2) is 44.7 Å². The van der Waals surface area contributed by atoms with Gasteiger partial charge in [0.1, 0.15) is 11.6 Å². The van der Waals surface area contributed by atoms with Gasteiger partial charge in [0.25, 0.3) is 0 Å². The van der Waals surface area contributed by atoms with Gasteiger partial charge in [0.15, 0.2) is 0 Å². The first-order valence-electron chi connectivity index (χ1n) is 8.92. The summed E-state index contributed by atoms with van der Waals surface area (Å²) in [5.41, 5.74) is 2.82. The number of carbonyl (C=O) groups is 1. The number of nitrogens with one attached hydrogen (secondary N) is 3. The fourth-order valence-corrected chi connectivity index (χ4v) is 2.65. The van der Waals surface area contributed by atoms with Crippen molar-refractivity contribution in [3.8, 4) is 5.75 Å². The molecule has 0 unspecified atom stereocenters. The monoisotopic (exact) mass is 381 g/mol. The van der Waals surface area contributed by atoms with Crippen molar-refractivity contribution < 1.29 is 9.53 Å². The Labute approximate surface area is 163 Å². The SMILES string of the molecule is COc1ccc(Cc2nc(NC(=O)CCNc3nc(C)cc(C)n3)n[nH]2)cc1. The summed E-state index contributed by atoms with van der Waals surface area (Å²) in [6.45, 7) is 4.22. The maximum absolute atomic E-state index is 12.1. The number of benzene rings is 1. The molecule has 0 spiro atoms. The minimum atomic E-state index is -0.188. The van der Waals surface area contributed by atoms with Gasteiger partial charge in [-0.1, -0.05) is 12.1 Å². The number of aromatic amines is 1. The highest BCUT2D eigenvalue weighted by molar-refractivity contribution is 5.89. The molecule has 0 aliphatic heterocycles. The van der Waals surface area contributed by atoms with Crippen LogP contribution in [0.15, 0.2) is 30.3 Å². The lowest BCUT2D eigenvalue weighted by molar-refractivity contribution is -0.116. The van der Waals surface area contributed by atoms with E-state index in [1.165, 1.54) is 0 Å². The molecule has 3 N–H and O–H groups in total. The smallest absolute Gasteiger partial charge is 0.248 e. The predicted molar refractivity (Wildman–Crippen MR) is 105 cm³/mol. The summed E-state index contributed by atoms with van der Waals surface area (Å²) in [6.07, 6.45) is 0.831. The number of carbonyl (C=O) groups excluding carboxylic acids is 1. The molecule has 1 aromatic carbocycles. The fourth-order valence-electron chi connectivity index (χ4n) is 2.65. The van der Waals surface area contributed by atoms with Crippen LogP contribution in [0.3, 0.4) is 0 Å². The Balaban J connectivity index is 1.46. The van der Waals surface area contributed by atoms with Crippen molar-refractivity contribution in [3.63, 3.8) is 0 Å². The highest BCUT2D eigenvalue weighted by Crippen LogP contribution is 2.14. The summed E-state index contributed by atoms with van der Waals surface area (Å²) < 4.78 is 5.14. The summed E-state index contributed by atoms with van der Waals surface area (Å²) >= 11 is 0. The number of methoxy groups -OCH3 is 1. The number of hydrogen-bond acceptors (Lipinski definition) is 7. The normalized spacial score (nSPS) is 10.5. The van der Waals surface area contributed by atoms with Crippen LogP contribution in [0, 0.1) is 13.8 Å². The van der Waals surface area contributed by atoms with E-state index >= 15 is 0 Å². The first kappa shape index (κ1) is 19.3. The summed E-state index contributed by atoms with van der Waals surface area (Å²) in [7, 11) is 1.63. The highest BCUT2D eigenvalue weighted by Gasteiger charge is 2.09. The van der Waals surface area contributed by atoms with Crippen molar-refractivity contribution in [2.45, 2.75) is 26.7 Å². The first-order valence-corrected chi connectivity index (χ1v) is 8.92. The van der Waals surface area contributed by atoms with E-state index in [1.54, 1.807) is 7.11 Å². The quantitative estimate of drug-likeness (QED) is 0.548. The zero-order valence-electron chi connectivity index (χ0n) is 16.1. The summed E-state index contributed by atoms with van der Waals surface area (Å²) in [4.78, 5) is 24.9. The molecular weight excluding hydrogens is 358 g/mol. The summed E-state index contributed by atoms with van der Waals surface area (Å²) in [5, 5.41) is 12.6. The van der Waals surface area contributed by atoms with Crippen molar-refractivity contribution >= 4 is 17.8 Å². The average Bonchev–Trinajstić information content (AvgIpc) is 3.08. The summed E-state index contributed by atoms with van der Waals surface area (Å²) in [6, 6.07) is 9.59. The van der Waals surface area contributed by atoms with Crippen LogP contribution in [0.5, 0.6) is 5.75 Å². The minimum absolute atomic E-state index is 0.188. The molecule has 9 nitrogen and oxygen atoms in total. The molecule has 0 aliphatic carbocycles. The molecular formula is C19H23N7O2. The molecule has 146 valence electrons. The number of aromatic nitrogens is 5. The van der Waals surface area contributed by atoms with Crippen LogP contribution in [0.4, 0.5) is 11.9 Å². The molecule has 0 bridgehead atoms. The molecule has 0 saturated heterocycles. The van der Waals surface area contributed by atoms with E-state index < -0.39 is 0 Å². The van der Waals surface area contributed by atoms with Crippen LogP contribution in [-0.2, 0) is 11.2 Å². The number of hydrogen-bond donors (Lipinski definition) is 3. The molecule has 0 fully saturated rings. The number of anilines is 2. The van der Waals surface area contributed by atoms with Gasteiger partial charge in [0, 0.05) is 30.8 Å². The molecule has 2 aromatic heterocycles. The van der Waals surface area contributed by atoms with Gasteiger partial charge in [-0.05, 0) is 37.6 Å². The van der Waals surface area contributed by atoms with Crippen molar-refractivity contribution in [1.82, 2.24) is 25.1 Å². The molecule has 1 amide bonds. The van der Waals surface area contributed by atoms with Gasteiger partial charge in [-0.2, -0.15) is 4.98 Å². The Bertz CT molecular complexity index is 917. The van der Waals surface area contributed by atoms with Gasteiger partial charge in [0.2, 0.25) is 17.8 Å². The molecule has 9 heteroatoms. The standard InChI is InChI=1S/C19H23N7O2/c1-12-10-13(2)22-18(21-12)20-9-8-17(27)24-19-23-16(25-26-19)11-14-4-6-15(28-3)7-5-14/h4-7,10H,8-9,11H2,1-3H3,(H,20,21,22)(H2,23,24,25,26,27). The number of H-pyrrole nitrogens is 1. The number of ether oxygens (including phenoxy) is 1. The largest absolute Gasteiger partial charge is 0.497 e. The van der Waals surface area contributed by atoms with E-state index in [9.17, 15) is 4.79 Å². The lowest BCUT2D eigenvalue weighted by Crippen LogP contribution is -2.18. The second kappa shape index (κ2) is 8.94. The molecule has 2 heterocycles. The third-order valence-electron chi connectivity index (χ3n) is 3.93. The summed E-state index contributed by atoms with van der Waals surface area (Å²) in [5.74, 6) is 2.06. The zero-order chi connectivity index (χ0) is 19.9. The van der Waals surface area contributed by atoms with Crippen LogP contribution in [0.1, 0.15) is 29.2 Å². The first-order chi connectivity index (χ1) is 13.5. The highest BCUT2D eigenvalue weighted by atomic mass is 16.5. The average molecular weight is 381 g/mol. The lowest BCUT2D eigenvalue weighted by Gasteiger charge is -2.06. The Morgan fingerprint density at radius 2 is 1.79 bits per heavy atom. The van der Waals surface area contributed by atoms with Crippen molar-refractivity contribution in [2.75, 3.05) is 24.3 Å². The lowest BCUT2D eigenvalue weighted by atomic mass is 10.1. The van der Waals surface area contributed by atoms with Crippen molar-refractivity contribution in [1.29, 1.82) is 0 Å². The Kier molecular flexibility index (Phi) is 6.15. The number of nitrogens with zero attached hydrogens (tertiary/aromatic N) is 4. The topological polar surface area (TPSA) is 118 Å². The Morgan fingerprint density at radius 1 is 1.07 bits per heavy atom. The molecule has 28 heavy (non-hydrogen) atoms. The van der Waals surface area contributed by atoms with E-state index in [0.717, 1.165) is 22.7 Å². The maximum atomic E-state index is 12.1. The second-order valence-corrected chi connectivity index (χ2v) is 6.33. The van der Waals surface area contributed by atoms with Crippen LogP contribution in [0.2, 0.25) is 0 Å². The molecule has 3 rings (SSSR count). The van der Waals surface area contributed by atoms with Crippen LogP contribution < -0.4 is 15.4 Å². The van der Waals surface area contributed by atoms with Gasteiger partial charge in [-0.25, -0.2) is 9.97 Å². The number of aryl methyl sites for hydroxylation is 2. The molecule has 0 radical (unpaired) electrons.